The average Bonchev–Trinajstić information content (AvgIpc) is 3.08. The van der Waals surface area contributed by atoms with Crippen molar-refractivity contribution < 1.29 is 23.9 Å². The number of nitro groups is 1. The van der Waals surface area contributed by atoms with E-state index in [1.165, 1.54) is 12.1 Å². The van der Waals surface area contributed by atoms with E-state index in [9.17, 15) is 14.9 Å². The van der Waals surface area contributed by atoms with Crippen LogP contribution in [0.15, 0.2) is 41.5 Å². The van der Waals surface area contributed by atoms with Crippen molar-refractivity contribution in [3.63, 3.8) is 0 Å². The lowest BCUT2D eigenvalue weighted by Crippen LogP contribution is -2.24. The van der Waals surface area contributed by atoms with Crippen molar-refractivity contribution in [3.8, 4) is 17.2 Å². The Hall–Kier alpha value is -3.33. The van der Waals surface area contributed by atoms with E-state index in [0.29, 0.717) is 16.5 Å². The second kappa shape index (κ2) is 7.70. The van der Waals surface area contributed by atoms with E-state index in [0.717, 1.165) is 6.21 Å². The van der Waals surface area contributed by atoms with Crippen LogP contribution in [0.2, 0.25) is 5.02 Å². The van der Waals surface area contributed by atoms with Crippen molar-refractivity contribution in [2.24, 2.45) is 5.10 Å². The third-order valence-corrected chi connectivity index (χ3v) is 3.55. The van der Waals surface area contributed by atoms with E-state index in [2.05, 4.69) is 10.5 Å². The van der Waals surface area contributed by atoms with Gasteiger partial charge >= 0.3 is 0 Å². The first-order valence-corrected chi connectivity index (χ1v) is 7.69. The van der Waals surface area contributed by atoms with Crippen LogP contribution in [-0.2, 0) is 4.79 Å². The molecule has 0 fully saturated rings. The molecule has 134 valence electrons. The number of nitrogens with one attached hydrogen (secondary N) is 1. The van der Waals surface area contributed by atoms with Crippen LogP contribution in [0.5, 0.6) is 17.2 Å². The van der Waals surface area contributed by atoms with Crippen LogP contribution >= 0.6 is 11.6 Å². The Bertz CT molecular complexity index is 869. The molecule has 1 aliphatic rings. The van der Waals surface area contributed by atoms with Gasteiger partial charge in [0.2, 0.25) is 6.79 Å². The standard InChI is InChI=1S/C16H12ClN3O6/c17-11-1-3-12(4-2-11)24-8-16(21)19-18-7-10-5-14-15(26-9-25-14)6-13(10)20(22)23/h1-7H,8-9H2,(H,19,21)/b18-7+. The number of nitro benzene ring substituents is 1. The summed E-state index contributed by atoms with van der Waals surface area (Å²) in [6, 6.07) is 9.16. The Balaban J connectivity index is 1.60. The Morgan fingerprint density at radius 3 is 2.69 bits per heavy atom. The summed E-state index contributed by atoms with van der Waals surface area (Å²) in [6.07, 6.45) is 1.15. The Kier molecular flexibility index (Phi) is 5.18. The topological polar surface area (TPSA) is 112 Å². The van der Waals surface area contributed by atoms with E-state index in [-0.39, 0.29) is 30.4 Å². The summed E-state index contributed by atoms with van der Waals surface area (Å²) in [4.78, 5) is 22.3. The van der Waals surface area contributed by atoms with Gasteiger partial charge in [-0.3, -0.25) is 14.9 Å². The second-order valence-corrected chi connectivity index (χ2v) is 5.49. The van der Waals surface area contributed by atoms with Crippen LogP contribution in [0.25, 0.3) is 0 Å². The van der Waals surface area contributed by atoms with Crippen LogP contribution in [-0.4, -0.2) is 30.4 Å². The van der Waals surface area contributed by atoms with Crippen molar-refractivity contribution in [2.75, 3.05) is 13.4 Å². The maximum Gasteiger partial charge on any atom is 0.282 e. The van der Waals surface area contributed by atoms with Crippen molar-refractivity contribution >= 4 is 29.4 Å². The Labute approximate surface area is 152 Å². The molecule has 26 heavy (non-hydrogen) atoms. The van der Waals surface area contributed by atoms with E-state index < -0.39 is 10.8 Å². The van der Waals surface area contributed by atoms with Crippen molar-refractivity contribution in [1.82, 2.24) is 5.43 Å². The van der Waals surface area contributed by atoms with Gasteiger partial charge in [-0.2, -0.15) is 5.10 Å². The first-order valence-electron chi connectivity index (χ1n) is 7.31. The minimum atomic E-state index is -0.575. The number of nitrogens with zero attached hydrogens (tertiary/aromatic N) is 2. The molecule has 0 saturated carbocycles. The molecule has 0 spiro atoms. The summed E-state index contributed by atoms with van der Waals surface area (Å²) in [5.41, 5.74) is 2.18. The molecule has 1 amide bonds. The maximum absolute atomic E-state index is 11.7. The largest absolute Gasteiger partial charge is 0.484 e. The number of hydrogen-bond donors (Lipinski definition) is 1. The normalized spacial score (nSPS) is 12.2. The summed E-state index contributed by atoms with van der Waals surface area (Å²) < 4.78 is 15.5. The lowest BCUT2D eigenvalue weighted by molar-refractivity contribution is -0.385. The Morgan fingerprint density at radius 2 is 2.00 bits per heavy atom. The number of carbonyl (C=O) groups excluding carboxylic acids is 1. The van der Waals surface area contributed by atoms with E-state index in [4.69, 9.17) is 25.8 Å². The van der Waals surface area contributed by atoms with Gasteiger partial charge in [0, 0.05) is 5.02 Å². The third kappa shape index (κ3) is 4.19. The fraction of sp³-hybridized carbons (Fsp3) is 0.125. The molecule has 2 aromatic carbocycles. The van der Waals surface area contributed by atoms with E-state index >= 15 is 0 Å². The maximum atomic E-state index is 11.7. The van der Waals surface area contributed by atoms with Gasteiger partial charge in [0.1, 0.15) is 5.75 Å². The monoisotopic (exact) mass is 377 g/mol. The fourth-order valence-electron chi connectivity index (χ4n) is 2.09. The van der Waals surface area contributed by atoms with Crippen LogP contribution in [0.4, 0.5) is 5.69 Å². The predicted molar refractivity (Wildman–Crippen MR) is 91.9 cm³/mol. The molecule has 1 aliphatic heterocycles. The number of rotatable bonds is 6. The predicted octanol–water partition coefficient (Wildman–Crippen LogP) is 2.51. The molecule has 1 N–H and O–H groups in total. The number of benzene rings is 2. The van der Waals surface area contributed by atoms with Gasteiger partial charge in [0.25, 0.3) is 11.6 Å². The molecule has 0 aliphatic carbocycles. The zero-order chi connectivity index (χ0) is 18.5. The molecule has 9 nitrogen and oxygen atoms in total. The van der Waals surface area contributed by atoms with Crippen LogP contribution in [0.1, 0.15) is 5.56 Å². The van der Waals surface area contributed by atoms with Gasteiger partial charge < -0.3 is 14.2 Å². The molecule has 1 heterocycles. The highest BCUT2D eigenvalue weighted by Crippen LogP contribution is 2.37. The molecule has 0 atom stereocenters. The number of hydrogen-bond acceptors (Lipinski definition) is 7. The van der Waals surface area contributed by atoms with Crippen molar-refractivity contribution in [3.05, 3.63) is 57.1 Å². The Morgan fingerprint density at radius 1 is 1.31 bits per heavy atom. The van der Waals surface area contributed by atoms with Gasteiger partial charge in [-0.1, -0.05) is 11.6 Å². The van der Waals surface area contributed by atoms with Gasteiger partial charge in [0.15, 0.2) is 18.1 Å². The highest BCUT2D eigenvalue weighted by Gasteiger charge is 2.22. The molecular weight excluding hydrogens is 366 g/mol. The molecule has 0 bridgehead atoms. The van der Waals surface area contributed by atoms with E-state index in [1.54, 1.807) is 24.3 Å². The van der Waals surface area contributed by atoms with Crippen molar-refractivity contribution in [1.29, 1.82) is 0 Å². The lowest BCUT2D eigenvalue weighted by atomic mass is 10.1. The molecule has 0 unspecified atom stereocenters. The summed E-state index contributed by atoms with van der Waals surface area (Å²) in [5, 5.41) is 15.4. The van der Waals surface area contributed by atoms with Crippen molar-refractivity contribution in [2.45, 2.75) is 0 Å². The smallest absolute Gasteiger partial charge is 0.282 e. The number of ether oxygens (including phenoxy) is 3. The number of carbonyl (C=O) groups is 1. The quantitative estimate of drug-likeness (QED) is 0.470. The number of hydrazone groups is 1. The number of fused-ring (bicyclic) bond motifs is 1. The molecular formula is C16H12ClN3O6. The molecule has 3 rings (SSSR count). The number of halogens is 1. The van der Waals surface area contributed by atoms with Crippen LogP contribution in [0, 0.1) is 10.1 Å². The number of amides is 1. The first-order chi connectivity index (χ1) is 12.5. The van der Waals surface area contributed by atoms with Crippen LogP contribution < -0.4 is 19.6 Å². The summed E-state index contributed by atoms with van der Waals surface area (Å²) in [6.45, 7) is -0.284. The minimum Gasteiger partial charge on any atom is -0.484 e. The highest BCUT2D eigenvalue weighted by atomic mass is 35.5. The molecule has 0 saturated heterocycles. The SMILES string of the molecule is O=C(COc1ccc(Cl)cc1)N/N=C/c1cc2c(cc1[N+](=O)[O-])OCO2. The van der Waals surface area contributed by atoms with E-state index in [1.807, 2.05) is 0 Å². The molecule has 2 aromatic rings. The minimum absolute atomic E-state index is 0.00808. The zero-order valence-electron chi connectivity index (χ0n) is 13.2. The highest BCUT2D eigenvalue weighted by molar-refractivity contribution is 6.30. The average molecular weight is 378 g/mol. The van der Waals surface area contributed by atoms with Gasteiger partial charge in [-0.15, -0.1) is 0 Å². The summed E-state index contributed by atoms with van der Waals surface area (Å²) in [7, 11) is 0. The first kappa shape index (κ1) is 17.5. The lowest BCUT2D eigenvalue weighted by Gasteiger charge is -2.05. The third-order valence-electron chi connectivity index (χ3n) is 3.30. The summed E-state index contributed by atoms with van der Waals surface area (Å²) in [5.74, 6) is 0.600. The second-order valence-electron chi connectivity index (χ2n) is 5.06. The zero-order valence-corrected chi connectivity index (χ0v) is 13.9. The van der Waals surface area contributed by atoms with Gasteiger partial charge in [-0.05, 0) is 30.3 Å². The molecule has 0 aromatic heterocycles. The summed E-state index contributed by atoms with van der Waals surface area (Å²) >= 11 is 5.75. The van der Waals surface area contributed by atoms with Crippen LogP contribution in [0.3, 0.4) is 0 Å². The molecule has 10 heteroatoms. The van der Waals surface area contributed by atoms with Gasteiger partial charge in [-0.25, -0.2) is 5.43 Å². The fourth-order valence-corrected chi connectivity index (χ4v) is 2.22. The molecule has 0 radical (unpaired) electrons. The van der Waals surface area contributed by atoms with Gasteiger partial charge in [0.05, 0.1) is 22.8 Å².